The number of aromatic nitrogens is 5. The Morgan fingerprint density at radius 3 is 2.37 bits per heavy atom. The Morgan fingerprint density at radius 2 is 1.78 bits per heavy atom. The molecule has 0 atom stereocenters. The van der Waals surface area contributed by atoms with Gasteiger partial charge in [-0.3, -0.25) is 4.79 Å². The lowest BCUT2D eigenvalue weighted by atomic mass is 9.97. The zero-order chi connectivity index (χ0) is 19.8. The zero-order valence-electron chi connectivity index (χ0n) is 16.2. The zero-order valence-corrected chi connectivity index (χ0v) is 17.0. The van der Waals surface area contributed by atoms with Gasteiger partial charge in [-0.05, 0) is 26.8 Å². The molecule has 0 saturated carbocycles. The number of carbonyl (C=O) groups excluding carboxylic acids is 1. The molecule has 1 amide bonds. The number of rotatable bonds is 4. The number of carbonyl (C=O) groups is 1. The first-order chi connectivity index (χ1) is 12.6. The molecule has 8 nitrogen and oxygen atoms in total. The molecular formula is C18H22N6O2S. The molecule has 3 heterocycles. The number of nitrogens with one attached hydrogen (secondary N) is 1. The minimum absolute atomic E-state index is 0.251. The summed E-state index contributed by atoms with van der Waals surface area (Å²) in [5.41, 5.74) is -0.437. The van der Waals surface area contributed by atoms with E-state index >= 15 is 0 Å². The number of thiazole rings is 1. The van der Waals surface area contributed by atoms with E-state index in [1.807, 2.05) is 34.6 Å². The van der Waals surface area contributed by atoms with Crippen molar-refractivity contribution in [2.24, 2.45) is 0 Å². The van der Waals surface area contributed by atoms with E-state index in [0.29, 0.717) is 33.1 Å². The Labute approximate surface area is 161 Å². The monoisotopic (exact) mass is 386 g/mol. The van der Waals surface area contributed by atoms with E-state index in [-0.39, 0.29) is 11.3 Å². The minimum Gasteiger partial charge on any atom is -0.339 e. The van der Waals surface area contributed by atoms with Crippen LogP contribution < -0.4 is 5.32 Å². The van der Waals surface area contributed by atoms with Crippen LogP contribution in [0.5, 0.6) is 0 Å². The quantitative estimate of drug-likeness (QED) is 0.733. The highest BCUT2D eigenvalue weighted by atomic mass is 32.1. The summed E-state index contributed by atoms with van der Waals surface area (Å²) in [6, 6.07) is 1.73. The van der Waals surface area contributed by atoms with Gasteiger partial charge in [0.05, 0.1) is 11.2 Å². The summed E-state index contributed by atoms with van der Waals surface area (Å²) in [6.07, 6.45) is 3.29. The maximum Gasteiger partial charge on any atom is 0.264 e. The molecule has 0 aliphatic heterocycles. The van der Waals surface area contributed by atoms with Crippen molar-refractivity contribution in [1.82, 2.24) is 30.4 Å². The normalized spacial score (nSPS) is 12.2. The molecule has 0 fully saturated rings. The minimum atomic E-state index is -0.802. The summed E-state index contributed by atoms with van der Waals surface area (Å²) in [6.45, 7) is 11.4. The lowest BCUT2D eigenvalue weighted by molar-refractivity contribution is 0.0911. The Kier molecular flexibility index (Phi) is 4.81. The summed E-state index contributed by atoms with van der Waals surface area (Å²) in [5.74, 6) is 1.20. The van der Waals surface area contributed by atoms with Gasteiger partial charge < -0.3 is 9.84 Å². The van der Waals surface area contributed by atoms with E-state index in [4.69, 9.17) is 4.52 Å². The molecule has 0 saturated heterocycles. The highest BCUT2D eigenvalue weighted by Crippen LogP contribution is 2.27. The first-order valence-corrected chi connectivity index (χ1v) is 9.31. The lowest BCUT2D eigenvalue weighted by Gasteiger charge is -2.22. The third-order valence-electron chi connectivity index (χ3n) is 3.81. The van der Waals surface area contributed by atoms with Crippen LogP contribution in [0.15, 0.2) is 23.0 Å². The largest absolute Gasteiger partial charge is 0.339 e. The van der Waals surface area contributed by atoms with Crippen molar-refractivity contribution >= 4 is 17.2 Å². The first kappa shape index (κ1) is 19.1. The number of hydrogen-bond acceptors (Lipinski definition) is 8. The van der Waals surface area contributed by atoms with Gasteiger partial charge in [0.2, 0.25) is 5.89 Å². The fourth-order valence-electron chi connectivity index (χ4n) is 2.29. The highest BCUT2D eigenvalue weighted by molar-refractivity contribution is 7.17. The second-order valence-corrected chi connectivity index (χ2v) is 8.76. The number of aryl methyl sites for hydroxylation is 1. The second kappa shape index (κ2) is 6.80. The molecule has 3 aromatic heterocycles. The van der Waals surface area contributed by atoms with Crippen LogP contribution in [0.4, 0.5) is 0 Å². The third-order valence-corrected chi connectivity index (χ3v) is 4.96. The molecular weight excluding hydrogens is 364 g/mol. The fraction of sp³-hybridized carbons (Fsp3) is 0.444. The van der Waals surface area contributed by atoms with Crippen molar-refractivity contribution in [3.63, 3.8) is 0 Å². The van der Waals surface area contributed by atoms with Gasteiger partial charge in [0.1, 0.15) is 4.88 Å². The number of hydrogen-bond donors (Lipinski definition) is 1. The van der Waals surface area contributed by atoms with Crippen LogP contribution >= 0.6 is 11.3 Å². The first-order valence-electron chi connectivity index (χ1n) is 8.50. The topological polar surface area (TPSA) is 107 Å². The average molecular weight is 386 g/mol. The molecule has 0 aliphatic rings. The van der Waals surface area contributed by atoms with Gasteiger partial charge in [-0.25, -0.2) is 15.0 Å². The van der Waals surface area contributed by atoms with Gasteiger partial charge in [-0.15, -0.1) is 11.3 Å². The van der Waals surface area contributed by atoms with Gasteiger partial charge >= 0.3 is 0 Å². The Balaban J connectivity index is 1.82. The van der Waals surface area contributed by atoms with E-state index in [2.05, 4.69) is 30.4 Å². The predicted octanol–water partition coefficient (Wildman–Crippen LogP) is 3.25. The molecule has 1 N–H and O–H groups in total. The van der Waals surface area contributed by atoms with Crippen LogP contribution in [0.2, 0.25) is 0 Å². The molecule has 0 spiro atoms. The molecule has 3 rings (SSSR count). The van der Waals surface area contributed by atoms with Crippen molar-refractivity contribution in [2.75, 3.05) is 0 Å². The summed E-state index contributed by atoms with van der Waals surface area (Å²) >= 11 is 1.25. The SMILES string of the molecule is Cc1nc(-c2ncccn2)sc1C(=O)NC(C)(C)c1noc(C(C)(C)C)n1. The van der Waals surface area contributed by atoms with Crippen molar-refractivity contribution in [3.8, 4) is 10.8 Å². The molecule has 142 valence electrons. The smallest absolute Gasteiger partial charge is 0.264 e. The maximum atomic E-state index is 12.8. The Hall–Kier alpha value is -2.68. The van der Waals surface area contributed by atoms with Gasteiger partial charge in [-0.2, -0.15) is 4.98 Å². The summed E-state index contributed by atoms with van der Waals surface area (Å²) in [5, 5.41) is 7.61. The molecule has 0 unspecified atom stereocenters. The van der Waals surface area contributed by atoms with E-state index in [0.717, 1.165) is 0 Å². The van der Waals surface area contributed by atoms with Gasteiger partial charge in [-0.1, -0.05) is 25.9 Å². The van der Waals surface area contributed by atoms with Crippen molar-refractivity contribution < 1.29 is 9.32 Å². The molecule has 27 heavy (non-hydrogen) atoms. The lowest BCUT2D eigenvalue weighted by Crippen LogP contribution is -2.41. The van der Waals surface area contributed by atoms with Crippen LogP contribution in [0.1, 0.15) is 61.7 Å². The van der Waals surface area contributed by atoms with E-state index in [9.17, 15) is 4.79 Å². The molecule has 0 bridgehead atoms. The van der Waals surface area contributed by atoms with Crippen LogP contribution in [0, 0.1) is 6.92 Å². The standard InChI is InChI=1S/C18H22N6O2S/c1-10-11(27-14(21-10)12-19-8-7-9-20-12)13(25)23-18(5,6)15-22-16(26-24-15)17(2,3)4/h7-9H,1-6H3,(H,23,25). The molecule has 0 aromatic carbocycles. The predicted molar refractivity (Wildman–Crippen MR) is 101 cm³/mol. The van der Waals surface area contributed by atoms with Gasteiger partial charge in [0.15, 0.2) is 16.7 Å². The van der Waals surface area contributed by atoms with Crippen LogP contribution in [-0.4, -0.2) is 31.0 Å². The van der Waals surface area contributed by atoms with Crippen LogP contribution in [0.3, 0.4) is 0 Å². The molecule has 0 aliphatic carbocycles. The van der Waals surface area contributed by atoms with Crippen molar-refractivity contribution in [2.45, 2.75) is 52.5 Å². The molecule has 0 radical (unpaired) electrons. The van der Waals surface area contributed by atoms with E-state index in [1.54, 1.807) is 25.4 Å². The van der Waals surface area contributed by atoms with Gasteiger partial charge in [0, 0.05) is 17.8 Å². The maximum absolute atomic E-state index is 12.8. The van der Waals surface area contributed by atoms with Crippen LogP contribution in [-0.2, 0) is 11.0 Å². The Bertz CT molecular complexity index is 956. The summed E-state index contributed by atoms with van der Waals surface area (Å²) < 4.78 is 5.35. The van der Waals surface area contributed by atoms with E-state index < -0.39 is 5.54 Å². The van der Waals surface area contributed by atoms with E-state index in [1.165, 1.54) is 11.3 Å². The molecule has 9 heteroatoms. The van der Waals surface area contributed by atoms with Crippen LogP contribution in [0.25, 0.3) is 10.8 Å². The second-order valence-electron chi connectivity index (χ2n) is 7.76. The van der Waals surface area contributed by atoms with Gasteiger partial charge in [0.25, 0.3) is 5.91 Å². The molecule has 3 aromatic rings. The summed E-state index contributed by atoms with van der Waals surface area (Å²) in [7, 11) is 0. The Morgan fingerprint density at radius 1 is 1.11 bits per heavy atom. The van der Waals surface area contributed by atoms with Crippen molar-refractivity contribution in [3.05, 3.63) is 40.7 Å². The number of amides is 1. The summed E-state index contributed by atoms with van der Waals surface area (Å²) in [4.78, 5) is 30.6. The highest BCUT2D eigenvalue weighted by Gasteiger charge is 2.32. The van der Waals surface area contributed by atoms with Crippen molar-refractivity contribution in [1.29, 1.82) is 0 Å². The average Bonchev–Trinajstić information content (AvgIpc) is 3.22. The third kappa shape index (κ3) is 4.02. The number of nitrogens with zero attached hydrogens (tertiary/aromatic N) is 5. The fourth-order valence-corrected chi connectivity index (χ4v) is 3.20.